The second-order valence-electron chi connectivity index (χ2n) is 18.4. The number of benzene rings is 5. The van der Waals surface area contributed by atoms with Crippen LogP contribution in [-0.4, -0.2) is 28.7 Å². The molecule has 5 heterocycles. The second kappa shape index (κ2) is 19.4. The predicted octanol–water partition coefficient (Wildman–Crippen LogP) is 13.3. The fourth-order valence-electron chi connectivity index (χ4n) is 8.28. The molecule has 3 aromatic heterocycles. The fraction of sp³-hybridized carbons (Fsp3) is 0.0968. The minimum absolute atomic E-state index is 0. The minimum atomic E-state index is -1.63. The van der Waals surface area contributed by atoms with Gasteiger partial charge in [0.15, 0.2) is 0 Å². The average Bonchev–Trinajstić information content (AvgIpc) is 4.19. The molecule has 0 saturated carbocycles. The van der Waals surface area contributed by atoms with Crippen molar-refractivity contribution in [3.05, 3.63) is 203 Å². The largest absolute Gasteiger partial charge is 2.00 e. The molecule has 0 unspecified atom stereocenters. The van der Waals surface area contributed by atoms with Crippen LogP contribution in [0.15, 0.2) is 158 Å². The molecule has 69 heavy (non-hydrogen) atoms. The first-order valence-electron chi connectivity index (χ1n) is 22.7. The Hall–Kier alpha value is -7.82. The Kier molecular flexibility index (Phi) is 13.0. The van der Waals surface area contributed by atoms with Gasteiger partial charge in [-0.3, -0.25) is 0 Å². The fourth-order valence-corrected chi connectivity index (χ4v) is 8.80. The van der Waals surface area contributed by atoms with E-state index in [9.17, 15) is 5.11 Å². The van der Waals surface area contributed by atoms with E-state index in [1.54, 1.807) is 13.8 Å². The molecule has 0 atom stereocenters. The van der Waals surface area contributed by atoms with E-state index in [0.29, 0.717) is 0 Å². The Morgan fingerprint density at radius 3 is 1.12 bits per heavy atom. The maximum atomic E-state index is 10.3. The maximum Gasteiger partial charge on any atom is 2.00 e. The number of fused-ring (bicyclic) bond motifs is 8. The Morgan fingerprint density at radius 1 is 0.420 bits per heavy atom. The summed E-state index contributed by atoms with van der Waals surface area (Å²) in [4.78, 5) is 21.6. The van der Waals surface area contributed by atoms with Gasteiger partial charge < -0.3 is 15.1 Å². The van der Waals surface area contributed by atoms with Crippen molar-refractivity contribution >= 4 is 54.4 Å². The van der Waals surface area contributed by atoms with Gasteiger partial charge in [-0.25, -0.2) is 9.97 Å². The van der Waals surface area contributed by atoms with Gasteiger partial charge in [-0.1, -0.05) is 177 Å². The van der Waals surface area contributed by atoms with Crippen molar-refractivity contribution in [2.45, 2.75) is 39.1 Å². The van der Waals surface area contributed by atoms with Crippen molar-refractivity contribution in [3.63, 3.8) is 0 Å². The summed E-state index contributed by atoms with van der Waals surface area (Å²) in [7, 11) is -1.63. The van der Waals surface area contributed by atoms with Crippen molar-refractivity contribution in [1.29, 1.82) is 0 Å². The van der Waals surface area contributed by atoms with Crippen molar-refractivity contribution in [2.24, 2.45) is 0 Å². The molecule has 0 amide bonds. The molecule has 1 N–H and O–H groups in total. The van der Waals surface area contributed by atoms with Crippen LogP contribution in [0.5, 0.6) is 0 Å². The zero-order chi connectivity index (χ0) is 46.8. The van der Waals surface area contributed by atoms with E-state index < -0.39 is 13.7 Å². The summed E-state index contributed by atoms with van der Waals surface area (Å²) < 4.78 is 0. The van der Waals surface area contributed by atoms with Gasteiger partial charge in [0.25, 0.3) is 0 Å². The number of aromatic nitrogens is 4. The van der Waals surface area contributed by atoms with Crippen LogP contribution in [0, 0.1) is 35.1 Å². The van der Waals surface area contributed by atoms with Crippen LogP contribution in [0.1, 0.15) is 58.9 Å². The molecule has 8 bridgehead atoms. The van der Waals surface area contributed by atoms with Crippen LogP contribution in [0.25, 0.3) is 90.9 Å². The summed E-state index contributed by atoms with van der Waals surface area (Å²) in [5.41, 5.74) is 19.8. The van der Waals surface area contributed by atoms with E-state index in [4.69, 9.17) is 19.9 Å². The molecule has 5 aromatic carbocycles. The molecule has 5 nitrogen and oxygen atoms in total. The number of rotatable bonds is 4. The third kappa shape index (κ3) is 10.5. The molecule has 2 aliphatic rings. The first-order valence-corrected chi connectivity index (χ1v) is 26.2. The molecular formula is C62H46N4OSiZn. The standard InChI is InChI=1S/C62H46N4OSi.Zn/c1-62(2,67)37-35-44-39-43(40-45(41-44)36-38-68(3,4)5)22-21-42-23-25-49(26-24-42)61-56-33-31-54(65-56)59(47-17-11-7-12-18-47)52-29-27-50(63-52)58(46-15-9-6-10-16-46)51-28-30-53(64-51)60(48-19-13-8-14-20-48)55-32-34-57(61)66-55;/h6-20,23-34,39-41,67H,1-5H3;/q-2;+2. The molecular weight excluding hydrogens is 910 g/mol. The predicted molar refractivity (Wildman–Crippen MR) is 284 cm³/mol. The smallest absolute Gasteiger partial charge is 0.657 e. The van der Waals surface area contributed by atoms with E-state index in [1.165, 1.54) is 0 Å². The molecule has 2 aliphatic heterocycles. The third-order valence-electron chi connectivity index (χ3n) is 11.3. The van der Waals surface area contributed by atoms with Gasteiger partial charge in [0, 0.05) is 22.3 Å². The average molecular weight is 957 g/mol. The molecule has 0 fully saturated rings. The van der Waals surface area contributed by atoms with E-state index in [1.807, 2.05) is 48.5 Å². The molecule has 0 aliphatic carbocycles. The van der Waals surface area contributed by atoms with E-state index in [2.05, 4.69) is 188 Å². The summed E-state index contributed by atoms with van der Waals surface area (Å²) in [6.45, 7) is 10.0. The van der Waals surface area contributed by atoms with Crippen LogP contribution in [0.2, 0.25) is 19.6 Å². The third-order valence-corrected chi connectivity index (χ3v) is 12.2. The van der Waals surface area contributed by atoms with Crippen molar-refractivity contribution in [3.8, 4) is 79.7 Å². The van der Waals surface area contributed by atoms with E-state index in [0.717, 1.165) is 112 Å². The van der Waals surface area contributed by atoms with Crippen LogP contribution in [-0.2, 0) is 19.5 Å². The topological polar surface area (TPSA) is 74.2 Å². The van der Waals surface area contributed by atoms with Crippen LogP contribution >= 0.6 is 0 Å². The quantitative estimate of drug-likeness (QED) is 0.141. The van der Waals surface area contributed by atoms with Crippen LogP contribution in [0.4, 0.5) is 0 Å². The first kappa shape index (κ1) is 46.3. The molecule has 0 radical (unpaired) electrons. The number of hydrogen-bond acceptors (Lipinski definition) is 3. The Morgan fingerprint density at radius 2 is 0.754 bits per heavy atom. The summed E-state index contributed by atoms with van der Waals surface area (Å²) in [6.07, 6.45) is 8.36. The van der Waals surface area contributed by atoms with Gasteiger partial charge in [-0.05, 0) is 113 Å². The van der Waals surface area contributed by atoms with Gasteiger partial charge in [-0.2, -0.15) is 0 Å². The van der Waals surface area contributed by atoms with Crippen LogP contribution in [0.3, 0.4) is 0 Å². The number of nitrogens with zero attached hydrogens (tertiary/aromatic N) is 4. The Bertz CT molecular complexity index is 3600. The molecule has 326 valence electrons. The molecule has 0 spiro atoms. The zero-order valence-electron chi connectivity index (χ0n) is 39.3. The van der Waals surface area contributed by atoms with E-state index >= 15 is 0 Å². The molecule has 0 saturated heterocycles. The summed E-state index contributed by atoms with van der Waals surface area (Å²) in [6, 6.07) is 53.6. The molecule has 8 aromatic rings. The van der Waals surface area contributed by atoms with Gasteiger partial charge in [0.05, 0.1) is 22.8 Å². The second-order valence-corrected chi connectivity index (χ2v) is 23.1. The van der Waals surface area contributed by atoms with Crippen LogP contribution < -0.4 is 9.97 Å². The normalized spacial score (nSPS) is 11.6. The van der Waals surface area contributed by atoms with Gasteiger partial charge in [0.1, 0.15) is 13.7 Å². The van der Waals surface area contributed by atoms with Gasteiger partial charge in [-0.15, -0.1) is 27.6 Å². The molecule has 7 heteroatoms. The Labute approximate surface area is 418 Å². The van der Waals surface area contributed by atoms with E-state index in [-0.39, 0.29) is 19.5 Å². The number of aliphatic hydroxyl groups is 1. The Balaban J connectivity index is 0.00000593. The summed E-state index contributed by atoms with van der Waals surface area (Å²) in [5, 5.41) is 10.3. The number of hydrogen-bond donors (Lipinski definition) is 1. The molecule has 10 rings (SSSR count). The summed E-state index contributed by atoms with van der Waals surface area (Å²) >= 11 is 0. The van der Waals surface area contributed by atoms with Gasteiger partial charge in [0.2, 0.25) is 0 Å². The maximum absolute atomic E-state index is 10.3. The SMILES string of the molecule is CC(C)(O)C#Cc1cc(C#Cc2ccc(-c3c4nc(c(-c5ccccc5)c5ccc([n-]5)c(-c5ccccc5)c5nc(c(-c6ccccc6)c6ccc3[n-]6)C=C5)C=C4)cc2)cc(C#C[Si](C)(C)C)c1.[Zn+2]. The van der Waals surface area contributed by atoms with Crippen molar-refractivity contribution in [1.82, 2.24) is 19.9 Å². The van der Waals surface area contributed by atoms with Gasteiger partial charge >= 0.3 is 19.5 Å². The van der Waals surface area contributed by atoms with Crippen molar-refractivity contribution in [2.75, 3.05) is 0 Å². The van der Waals surface area contributed by atoms with Crippen molar-refractivity contribution < 1.29 is 24.6 Å². The zero-order valence-corrected chi connectivity index (χ0v) is 43.2. The minimum Gasteiger partial charge on any atom is -0.657 e. The summed E-state index contributed by atoms with van der Waals surface area (Å²) in [5.74, 6) is 16.2. The monoisotopic (exact) mass is 954 g/mol. The first-order chi connectivity index (χ1) is 32.9.